The first-order chi connectivity index (χ1) is 7.43. The van der Waals surface area contributed by atoms with Crippen LogP contribution in [0, 0.1) is 0 Å². The minimum absolute atomic E-state index is 0.596. The molecular formula is C9H4N6. The van der Waals surface area contributed by atoms with E-state index in [2.05, 4.69) is 24.9 Å². The maximum absolute atomic E-state index is 4.24. The van der Waals surface area contributed by atoms with Crippen molar-refractivity contribution < 1.29 is 0 Å². The average molecular weight is 196 g/mol. The van der Waals surface area contributed by atoms with Crippen molar-refractivity contribution in [1.82, 2.24) is 29.3 Å². The molecule has 4 rings (SSSR count). The van der Waals surface area contributed by atoms with Gasteiger partial charge in [0.25, 0.3) is 0 Å². The molecule has 70 valence electrons. The van der Waals surface area contributed by atoms with Crippen LogP contribution in [0.1, 0.15) is 0 Å². The molecule has 0 radical (unpaired) electrons. The summed E-state index contributed by atoms with van der Waals surface area (Å²) in [4.78, 5) is 20.8. The number of rotatable bonds is 0. The van der Waals surface area contributed by atoms with E-state index in [4.69, 9.17) is 0 Å². The van der Waals surface area contributed by atoms with Gasteiger partial charge in [0.05, 0.1) is 11.7 Å². The van der Waals surface area contributed by atoms with E-state index < -0.39 is 0 Å². The highest BCUT2D eigenvalue weighted by atomic mass is 15.2. The van der Waals surface area contributed by atoms with E-state index in [9.17, 15) is 0 Å². The van der Waals surface area contributed by atoms with Gasteiger partial charge >= 0.3 is 0 Å². The second-order valence-corrected chi connectivity index (χ2v) is 3.27. The lowest BCUT2D eigenvalue weighted by atomic mass is 10.3. The maximum Gasteiger partial charge on any atom is 0.238 e. The van der Waals surface area contributed by atoms with Gasteiger partial charge in [-0.3, -0.25) is 4.98 Å². The van der Waals surface area contributed by atoms with Crippen molar-refractivity contribution in [3.63, 3.8) is 0 Å². The molecule has 0 saturated carbocycles. The lowest BCUT2D eigenvalue weighted by Gasteiger charge is -2.03. The summed E-state index contributed by atoms with van der Waals surface area (Å²) in [5, 5.41) is 0.977. The van der Waals surface area contributed by atoms with Crippen LogP contribution in [0.15, 0.2) is 24.9 Å². The van der Waals surface area contributed by atoms with Crippen molar-refractivity contribution in [2.45, 2.75) is 0 Å². The zero-order valence-corrected chi connectivity index (χ0v) is 7.49. The third-order valence-corrected chi connectivity index (χ3v) is 2.45. The van der Waals surface area contributed by atoms with Gasteiger partial charge in [0.15, 0.2) is 0 Å². The number of hydrogen-bond donors (Lipinski definition) is 0. The van der Waals surface area contributed by atoms with E-state index in [0.29, 0.717) is 11.6 Å². The summed E-state index contributed by atoms with van der Waals surface area (Å²) < 4.78 is 1.82. The number of nitrogens with zero attached hydrogens (tertiary/aromatic N) is 6. The second-order valence-electron chi connectivity index (χ2n) is 3.27. The van der Waals surface area contributed by atoms with E-state index in [1.807, 2.05) is 4.40 Å². The van der Waals surface area contributed by atoms with Crippen molar-refractivity contribution in [2.24, 2.45) is 0 Å². The molecule has 0 unspecified atom stereocenters. The van der Waals surface area contributed by atoms with Crippen LogP contribution in [0.2, 0.25) is 0 Å². The van der Waals surface area contributed by atoms with Gasteiger partial charge < -0.3 is 0 Å². The van der Waals surface area contributed by atoms with Crippen molar-refractivity contribution in [3.8, 4) is 0 Å². The third kappa shape index (κ3) is 0.723. The molecule has 6 nitrogen and oxygen atoms in total. The largest absolute Gasteiger partial charge is 0.252 e. The Bertz CT molecular complexity index is 713. The van der Waals surface area contributed by atoms with E-state index in [1.54, 1.807) is 18.6 Å². The number of aromatic nitrogens is 6. The standard InChI is InChI=1S/C9H4N6/c1-5-2-11-8-13-4-14-9-12-3-6(10-1)7(5)15(8)9/h1-4H. The Kier molecular flexibility index (Phi) is 1.01. The van der Waals surface area contributed by atoms with Crippen LogP contribution in [0.3, 0.4) is 0 Å². The molecule has 4 aromatic rings. The van der Waals surface area contributed by atoms with Crippen LogP contribution in [0.25, 0.3) is 28.0 Å². The SMILES string of the molecule is c1nc2ncc3cnc4cnc(n1)n2c34. The monoisotopic (exact) mass is 196 g/mol. The molecule has 0 aliphatic rings. The zero-order chi connectivity index (χ0) is 9.83. The van der Waals surface area contributed by atoms with Crippen molar-refractivity contribution in [2.75, 3.05) is 0 Å². The van der Waals surface area contributed by atoms with E-state index in [-0.39, 0.29) is 0 Å². The van der Waals surface area contributed by atoms with Gasteiger partial charge in [0.2, 0.25) is 11.6 Å². The van der Waals surface area contributed by atoms with E-state index in [0.717, 1.165) is 16.4 Å². The van der Waals surface area contributed by atoms with E-state index in [1.165, 1.54) is 6.33 Å². The first-order valence-electron chi connectivity index (χ1n) is 4.45. The quantitative estimate of drug-likeness (QED) is 0.413. The lowest BCUT2D eigenvalue weighted by molar-refractivity contribution is 1.02. The van der Waals surface area contributed by atoms with Crippen LogP contribution in [-0.2, 0) is 0 Å². The molecule has 0 spiro atoms. The van der Waals surface area contributed by atoms with Crippen LogP contribution in [0.4, 0.5) is 0 Å². The maximum atomic E-state index is 4.24. The Morgan fingerprint density at radius 3 is 2.40 bits per heavy atom. The highest BCUT2D eigenvalue weighted by Crippen LogP contribution is 2.20. The topological polar surface area (TPSA) is 68.9 Å². The minimum atomic E-state index is 0.596. The van der Waals surface area contributed by atoms with Gasteiger partial charge in [-0.15, -0.1) is 0 Å². The van der Waals surface area contributed by atoms with Gasteiger partial charge in [0, 0.05) is 17.8 Å². The zero-order valence-electron chi connectivity index (χ0n) is 7.49. The molecule has 0 atom stereocenters. The molecule has 0 aromatic carbocycles. The fourth-order valence-corrected chi connectivity index (χ4v) is 1.81. The Labute approximate surface area is 83.0 Å². The van der Waals surface area contributed by atoms with Crippen LogP contribution >= 0.6 is 0 Å². The predicted molar refractivity (Wildman–Crippen MR) is 52.6 cm³/mol. The normalized spacial score (nSPS) is 12.0. The summed E-state index contributed by atoms with van der Waals surface area (Å²) in [5.74, 6) is 1.19. The van der Waals surface area contributed by atoms with Crippen LogP contribution in [0.5, 0.6) is 0 Å². The molecule has 0 fully saturated rings. The van der Waals surface area contributed by atoms with Crippen LogP contribution < -0.4 is 0 Å². The molecule has 0 amide bonds. The predicted octanol–water partition coefficient (Wildman–Crippen LogP) is 0.658. The Hall–Kier alpha value is -2.37. The average Bonchev–Trinajstić information content (AvgIpc) is 2.71. The first kappa shape index (κ1) is 6.99. The highest BCUT2D eigenvalue weighted by Gasteiger charge is 2.10. The van der Waals surface area contributed by atoms with E-state index >= 15 is 0 Å². The molecule has 0 saturated heterocycles. The Balaban J connectivity index is 2.54. The second kappa shape index (κ2) is 2.17. The molecule has 0 N–H and O–H groups in total. The highest BCUT2D eigenvalue weighted by molar-refractivity contribution is 5.95. The molecule has 4 aromatic heterocycles. The molecule has 6 heteroatoms. The van der Waals surface area contributed by atoms with Gasteiger partial charge in [-0.1, -0.05) is 0 Å². The molecular weight excluding hydrogens is 192 g/mol. The molecule has 0 bridgehead atoms. The molecule has 4 heterocycles. The summed E-state index contributed by atoms with van der Waals surface area (Å²) in [6.07, 6.45) is 6.71. The lowest BCUT2D eigenvalue weighted by Crippen LogP contribution is -2.02. The Morgan fingerprint density at radius 1 is 0.800 bits per heavy atom. The molecule has 15 heavy (non-hydrogen) atoms. The van der Waals surface area contributed by atoms with Gasteiger partial charge in [-0.2, -0.15) is 0 Å². The summed E-state index contributed by atoms with van der Waals surface area (Å²) in [6.45, 7) is 0. The smallest absolute Gasteiger partial charge is 0.238 e. The van der Waals surface area contributed by atoms with Gasteiger partial charge in [0.1, 0.15) is 11.8 Å². The molecule has 0 aliphatic carbocycles. The van der Waals surface area contributed by atoms with Gasteiger partial charge in [-0.25, -0.2) is 24.3 Å². The fraction of sp³-hybridized carbons (Fsp3) is 0. The summed E-state index contributed by atoms with van der Waals surface area (Å²) >= 11 is 0. The van der Waals surface area contributed by atoms with Crippen LogP contribution in [-0.4, -0.2) is 29.3 Å². The minimum Gasteiger partial charge on any atom is -0.252 e. The van der Waals surface area contributed by atoms with Crippen molar-refractivity contribution in [1.29, 1.82) is 0 Å². The fourth-order valence-electron chi connectivity index (χ4n) is 1.81. The summed E-state index contributed by atoms with van der Waals surface area (Å²) in [7, 11) is 0. The summed E-state index contributed by atoms with van der Waals surface area (Å²) in [6, 6.07) is 0. The van der Waals surface area contributed by atoms with Gasteiger partial charge in [-0.05, 0) is 0 Å². The number of hydrogen-bond acceptors (Lipinski definition) is 5. The summed E-state index contributed by atoms with van der Waals surface area (Å²) in [5.41, 5.74) is 1.82. The Morgan fingerprint density at radius 2 is 1.53 bits per heavy atom. The first-order valence-corrected chi connectivity index (χ1v) is 4.45. The third-order valence-electron chi connectivity index (χ3n) is 2.45. The van der Waals surface area contributed by atoms with Crippen molar-refractivity contribution >= 4 is 28.0 Å². The van der Waals surface area contributed by atoms with Crippen molar-refractivity contribution in [3.05, 3.63) is 24.9 Å². The molecule has 0 aliphatic heterocycles.